The van der Waals surface area contributed by atoms with Crippen LogP contribution >= 0.6 is 27.3 Å². The Hall–Kier alpha value is -0.480. The summed E-state index contributed by atoms with van der Waals surface area (Å²) in [4.78, 5) is 11.3. The summed E-state index contributed by atoms with van der Waals surface area (Å²) >= 11 is 4.48. The zero-order valence-corrected chi connectivity index (χ0v) is 13.5. The minimum absolute atomic E-state index is 0.121. The van der Waals surface area contributed by atoms with Gasteiger partial charge in [-0.2, -0.15) is 0 Å². The minimum Gasteiger partial charge on any atom is -0.481 e. The Kier molecular flexibility index (Phi) is 5.13. The number of halogens is 1. The molecule has 0 fully saturated rings. The lowest BCUT2D eigenvalue weighted by Gasteiger charge is -2.21. The van der Waals surface area contributed by atoms with Crippen LogP contribution in [0, 0.1) is 6.92 Å². The zero-order chi connectivity index (χ0) is 14.8. The van der Waals surface area contributed by atoms with Gasteiger partial charge in [-0.05, 0) is 35.8 Å². The second-order valence-corrected chi connectivity index (χ2v) is 8.73. The Bertz CT molecular complexity index is 579. The number of carboxylic acid groups (broad SMARTS) is 1. The third-order valence-electron chi connectivity index (χ3n) is 2.31. The molecule has 0 aromatic carbocycles. The fourth-order valence-corrected chi connectivity index (χ4v) is 4.99. The van der Waals surface area contributed by atoms with E-state index in [0.717, 1.165) is 0 Å². The normalized spacial score (nSPS) is 15.2. The van der Waals surface area contributed by atoms with E-state index in [1.807, 2.05) is 0 Å². The van der Waals surface area contributed by atoms with E-state index in [1.54, 1.807) is 6.92 Å². The molecule has 0 amide bonds. The van der Waals surface area contributed by atoms with Gasteiger partial charge in [0.2, 0.25) is 10.0 Å². The number of aliphatic carboxylic acids is 1. The molecular weight excluding hydrogens is 358 g/mol. The summed E-state index contributed by atoms with van der Waals surface area (Å²) in [6.45, 7) is 2.56. The molecule has 1 atom stereocenters. The molecule has 0 saturated heterocycles. The minimum atomic E-state index is -3.76. The Balaban J connectivity index is 2.82. The fourth-order valence-electron chi connectivity index (χ4n) is 1.41. The Morgan fingerprint density at radius 1 is 1.58 bits per heavy atom. The molecule has 108 valence electrons. The van der Waals surface area contributed by atoms with E-state index in [9.17, 15) is 18.3 Å². The molecule has 0 bridgehead atoms. The largest absolute Gasteiger partial charge is 0.481 e. The highest BCUT2D eigenvalue weighted by Crippen LogP contribution is 2.29. The predicted octanol–water partition coefficient (Wildman–Crippen LogP) is 1.32. The first-order valence-corrected chi connectivity index (χ1v) is 8.32. The smallest absolute Gasteiger partial charge is 0.306 e. The van der Waals surface area contributed by atoms with Gasteiger partial charge in [0.1, 0.15) is 0 Å². The van der Waals surface area contributed by atoms with Crippen LogP contribution in [0.5, 0.6) is 0 Å². The molecule has 1 heterocycles. The van der Waals surface area contributed by atoms with Gasteiger partial charge in [-0.1, -0.05) is 0 Å². The van der Waals surface area contributed by atoms with Crippen molar-refractivity contribution in [1.29, 1.82) is 0 Å². The van der Waals surface area contributed by atoms with Crippen LogP contribution in [0.1, 0.15) is 18.2 Å². The van der Waals surface area contributed by atoms with Crippen LogP contribution in [0.2, 0.25) is 0 Å². The van der Waals surface area contributed by atoms with Crippen LogP contribution in [-0.4, -0.2) is 36.7 Å². The second kappa shape index (κ2) is 5.88. The third kappa shape index (κ3) is 4.84. The molecule has 0 saturated carbocycles. The SMILES string of the molecule is Cc1sc(Br)cc1S(=O)(=O)NCC(C)(O)CC(=O)O. The number of nitrogens with one attached hydrogen (secondary N) is 1. The summed E-state index contributed by atoms with van der Waals surface area (Å²) in [5, 5.41) is 18.4. The first-order valence-electron chi connectivity index (χ1n) is 5.23. The summed E-state index contributed by atoms with van der Waals surface area (Å²) in [5.74, 6) is -1.20. The van der Waals surface area contributed by atoms with Gasteiger partial charge in [0.15, 0.2) is 0 Å². The topological polar surface area (TPSA) is 104 Å². The van der Waals surface area contributed by atoms with Crippen LogP contribution in [0.3, 0.4) is 0 Å². The molecule has 0 radical (unpaired) electrons. The Morgan fingerprint density at radius 3 is 2.58 bits per heavy atom. The molecule has 1 unspecified atom stereocenters. The monoisotopic (exact) mass is 371 g/mol. The molecular formula is C10H14BrNO5S2. The van der Waals surface area contributed by atoms with Crippen LogP contribution in [0.25, 0.3) is 0 Å². The maximum atomic E-state index is 12.0. The molecule has 1 aromatic heterocycles. The number of hydrogen-bond donors (Lipinski definition) is 3. The van der Waals surface area contributed by atoms with E-state index in [4.69, 9.17) is 5.11 Å². The first kappa shape index (κ1) is 16.6. The van der Waals surface area contributed by atoms with Crippen molar-refractivity contribution in [2.45, 2.75) is 30.8 Å². The molecule has 0 aliphatic heterocycles. The number of sulfonamides is 1. The number of carbonyl (C=O) groups is 1. The molecule has 9 heteroatoms. The standard InChI is InChI=1S/C10H14BrNO5S2/c1-6-7(3-8(11)18-6)19(16,17)12-5-10(2,15)4-9(13)14/h3,12,15H,4-5H2,1-2H3,(H,13,14). The quantitative estimate of drug-likeness (QED) is 0.699. The third-order valence-corrected chi connectivity index (χ3v) is 5.52. The highest BCUT2D eigenvalue weighted by atomic mass is 79.9. The number of carboxylic acids is 1. The lowest BCUT2D eigenvalue weighted by Crippen LogP contribution is -2.42. The van der Waals surface area contributed by atoms with Crippen molar-refractivity contribution in [1.82, 2.24) is 4.72 Å². The summed E-state index contributed by atoms with van der Waals surface area (Å²) < 4.78 is 26.9. The Morgan fingerprint density at radius 2 is 2.16 bits per heavy atom. The van der Waals surface area contributed by atoms with E-state index < -0.39 is 28.0 Å². The lowest BCUT2D eigenvalue weighted by molar-refractivity contribution is -0.141. The highest BCUT2D eigenvalue weighted by molar-refractivity contribution is 9.11. The van der Waals surface area contributed by atoms with Gasteiger partial charge in [0, 0.05) is 11.4 Å². The summed E-state index contributed by atoms with van der Waals surface area (Å²) in [6, 6.07) is 1.47. The van der Waals surface area contributed by atoms with Crippen LogP contribution < -0.4 is 4.72 Å². The van der Waals surface area contributed by atoms with Gasteiger partial charge in [0.25, 0.3) is 0 Å². The maximum Gasteiger partial charge on any atom is 0.306 e. The molecule has 0 aliphatic rings. The molecule has 19 heavy (non-hydrogen) atoms. The predicted molar refractivity (Wildman–Crippen MR) is 74.8 cm³/mol. The van der Waals surface area contributed by atoms with E-state index >= 15 is 0 Å². The van der Waals surface area contributed by atoms with E-state index in [0.29, 0.717) is 8.66 Å². The molecule has 6 nitrogen and oxygen atoms in total. The van der Waals surface area contributed by atoms with Crippen LogP contribution in [0.4, 0.5) is 0 Å². The van der Waals surface area contributed by atoms with Gasteiger partial charge < -0.3 is 10.2 Å². The number of thiophene rings is 1. The molecule has 0 spiro atoms. The lowest BCUT2D eigenvalue weighted by atomic mass is 10.0. The zero-order valence-electron chi connectivity index (χ0n) is 10.3. The number of aliphatic hydroxyl groups is 1. The van der Waals surface area contributed by atoms with E-state index in [2.05, 4.69) is 20.7 Å². The summed E-state index contributed by atoms with van der Waals surface area (Å²) in [5.41, 5.74) is -1.64. The number of aryl methyl sites for hydroxylation is 1. The van der Waals surface area contributed by atoms with Crippen molar-refractivity contribution in [2.24, 2.45) is 0 Å². The molecule has 1 aromatic rings. The van der Waals surface area contributed by atoms with E-state index in [-0.39, 0.29) is 11.4 Å². The summed E-state index contributed by atoms with van der Waals surface area (Å²) in [7, 11) is -3.76. The van der Waals surface area contributed by atoms with Gasteiger partial charge in [-0.3, -0.25) is 4.79 Å². The molecule has 1 rings (SSSR count). The fraction of sp³-hybridized carbons (Fsp3) is 0.500. The van der Waals surface area contributed by atoms with Gasteiger partial charge in [-0.25, -0.2) is 13.1 Å². The number of rotatable bonds is 6. The summed E-state index contributed by atoms with van der Waals surface area (Å²) in [6.07, 6.45) is -0.540. The average Bonchev–Trinajstić information content (AvgIpc) is 2.54. The highest BCUT2D eigenvalue weighted by Gasteiger charge is 2.28. The molecule has 3 N–H and O–H groups in total. The van der Waals surface area contributed by atoms with Crippen molar-refractivity contribution >= 4 is 43.3 Å². The van der Waals surface area contributed by atoms with E-state index in [1.165, 1.54) is 24.3 Å². The van der Waals surface area contributed by atoms with Crippen LogP contribution in [0.15, 0.2) is 14.7 Å². The van der Waals surface area contributed by atoms with Gasteiger partial charge in [0.05, 0.1) is 20.7 Å². The van der Waals surface area contributed by atoms with Crippen LogP contribution in [-0.2, 0) is 14.8 Å². The number of hydrogen-bond acceptors (Lipinski definition) is 5. The van der Waals surface area contributed by atoms with Crippen molar-refractivity contribution in [3.8, 4) is 0 Å². The van der Waals surface area contributed by atoms with Crippen molar-refractivity contribution in [2.75, 3.05) is 6.54 Å². The second-order valence-electron chi connectivity index (χ2n) is 4.36. The maximum absolute atomic E-state index is 12.0. The Labute approximate surface area is 123 Å². The van der Waals surface area contributed by atoms with Crippen molar-refractivity contribution in [3.05, 3.63) is 14.7 Å². The van der Waals surface area contributed by atoms with Gasteiger partial charge in [-0.15, -0.1) is 11.3 Å². The van der Waals surface area contributed by atoms with Crippen molar-refractivity contribution in [3.63, 3.8) is 0 Å². The molecule has 0 aliphatic carbocycles. The average molecular weight is 372 g/mol. The van der Waals surface area contributed by atoms with Gasteiger partial charge >= 0.3 is 5.97 Å². The van der Waals surface area contributed by atoms with Crippen molar-refractivity contribution < 1.29 is 23.4 Å². The first-order chi connectivity index (χ1) is 8.53.